The third kappa shape index (κ3) is 3.76. The Labute approximate surface area is 97.6 Å². The second kappa shape index (κ2) is 7.23. The molecule has 90 valence electrons. The van der Waals surface area contributed by atoms with Crippen LogP contribution in [0.25, 0.3) is 0 Å². The molecule has 0 saturated heterocycles. The highest BCUT2D eigenvalue weighted by Crippen LogP contribution is 2.27. The van der Waals surface area contributed by atoms with Crippen molar-refractivity contribution in [2.75, 3.05) is 6.54 Å². The van der Waals surface area contributed by atoms with E-state index in [-0.39, 0.29) is 0 Å². The van der Waals surface area contributed by atoms with Crippen LogP contribution >= 0.6 is 0 Å². The molecule has 0 aliphatic rings. The minimum absolute atomic E-state index is 0.665. The Morgan fingerprint density at radius 2 is 1.60 bits per heavy atom. The molecule has 0 bridgehead atoms. The lowest BCUT2D eigenvalue weighted by molar-refractivity contribution is 0.365. The molecule has 0 aliphatic heterocycles. The minimum Gasteiger partial charge on any atom is -0.318 e. The summed E-state index contributed by atoms with van der Waals surface area (Å²) in [5.74, 6) is 0. The monoisotopic (exact) mass is 227 g/mol. The maximum absolute atomic E-state index is 4.14. The van der Waals surface area contributed by atoms with E-state index >= 15 is 0 Å². The molecule has 0 N–H and O–H groups in total. The molecule has 0 saturated carbocycles. The van der Waals surface area contributed by atoms with Crippen LogP contribution in [0, 0.1) is 0 Å². The van der Waals surface area contributed by atoms with Gasteiger partial charge in [0, 0.05) is 0 Å². The molecule has 0 aromatic heterocycles. The molecule has 0 unspecified atom stereocenters. The highest BCUT2D eigenvalue weighted by atomic mass is 28.3. The number of rotatable bonds is 8. The molecule has 2 heteroatoms. The second-order valence-corrected chi connectivity index (χ2v) is 8.88. The summed E-state index contributed by atoms with van der Waals surface area (Å²) in [4.78, 5) is 0. The van der Waals surface area contributed by atoms with Gasteiger partial charge in [-0.05, 0) is 24.7 Å². The molecule has 0 radical (unpaired) electrons. The van der Waals surface area contributed by atoms with Crippen molar-refractivity contribution in [3.05, 3.63) is 12.3 Å². The Morgan fingerprint density at radius 1 is 1.13 bits per heavy atom. The third-order valence-corrected chi connectivity index (χ3v) is 8.75. The van der Waals surface area contributed by atoms with Crippen molar-refractivity contribution in [1.82, 2.24) is 4.57 Å². The predicted molar refractivity (Wildman–Crippen MR) is 73.7 cm³/mol. The molecule has 0 aromatic carbocycles. The largest absolute Gasteiger partial charge is 0.318 e. The highest BCUT2D eigenvalue weighted by Gasteiger charge is 2.35. The molecule has 0 rings (SSSR count). The zero-order chi connectivity index (χ0) is 11.9. The first-order valence-electron chi connectivity index (χ1n) is 6.48. The topological polar surface area (TPSA) is 3.24 Å². The van der Waals surface area contributed by atoms with Crippen molar-refractivity contribution in [3.8, 4) is 0 Å². The van der Waals surface area contributed by atoms with Gasteiger partial charge in [-0.25, -0.2) is 0 Å². The van der Waals surface area contributed by atoms with Crippen molar-refractivity contribution in [2.24, 2.45) is 0 Å². The van der Waals surface area contributed by atoms with Crippen LogP contribution in [-0.2, 0) is 0 Å². The van der Waals surface area contributed by atoms with E-state index in [1.165, 1.54) is 31.5 Å². The van der Waals surface area contributed by atoms with Crippen molar-refractivity contribution < 1.29 is 0 Å². The average molecular weight is 227 g/mol. The molecule has 0 amide bonds. The van der Waals surface area contributed by atoms with Crippen LogP contribution in [0.15, 0.2) is 12.3 Å². The molecular weight excluding hydrogens is 198 g/mol. The summed E-state index contributed by atoms with van der Waals surface area (Å²) in [6.07, 6.45) is 2.59. The normalized spacial score (nSPS) is 12.5. The quantitative estimate of drug-likeness (QED) is 0.562. The summed E-state index contributed by atoms with van der Waals surface area (Å²) in [5, 5.41) is 0. The van der Waals surface area contributed by atoms with Crippen molar-refractivity contribution in [1.29, 1.82) is 0 Å². The standard InChI is InChI=1S/C13H29NSi/c1-7-11-15(10-4,12-8-2)14(9-3)13(5)6/h10,13H,4,7-9,11-12H2,1-3,5-6H3. The first-order chi connectivity index (χ1) is 7.07. The zero-order valence-electron chi connectivity index (χ0n) is 11.3. The molecule has 0 fully saturated rings. The second-order valence-electron chi connectivity index (χ2n) is 4.69. The van der Waals surface area contributed by atoms with Crippen molar-refractivity contribution in [2.45, 2.75) is 65.6 Å². The lowest BCUT2D eigenvalue weighted by atomic mass is 10.4. The molecule has 0 aromatic rings. The van der Waals surface area contributed by atoms with Crippen LogP contribution in [0.2, 0.25) is 12.1 Å². The summed E-state index contributed by atoms with van der Waals surface area (Å²) in [6.45, 7) is 16.8. The first kappa shape index (κ1) is 14.9. The third-order valence-electron chi connectivity index (χ3n) is 3.28. The van der Waals surface area contributed by atoms with Gasteiger partial charge in [-0.1, -0.05) is 53.2 Å². The molecule has 0 aliphatic carbocycles. The van der Waals surface area contributed by atoms with E-state index in [2.05, 4.69) is 51.5 Å². The Hall–Kier alpha value is -0.0831. The van der Waals surface area contributed by atoms with Crippen LogP contribution in [0.1, 0.15) is 47.5 Å². The average Bonchev–Trinajstić information content (AvgIpc) is 2.18. The Morgan fingerprint density at radius 3 is 1.80 bits per heavy atom. The van der Waals surface area contributed by atoms with E-state index < -0.39 is 8.24 Å². The lowest BCUT2D eigenvalue weighted by Gasteiger charge is -2.42. The van der Waals surface area contributed by atoms with E-state index in [4.69, 9.17) is 0 Å². The Kier molecular flexibility index (Phi) is 7.19. The van der Waals surface area contributed by atoms with Gasteiger partial charge in [-0.2, -0.15) is 0 Å². The highest BCUT2D eigenvalue weighted by molar-refractivity contribution is 6.81. The maximum Gasteiger partial charge on any atom is 0.152 e. The van der Waals surface area contributed by atoms with E-state index in [1.54, 1.807) is 0 Å². The van der Waals surface area contributed by atoms with Gasteiger partial charge in [-0.15, -0.1) is 6.58 Å². The molecular formula is C13H29NSi. The SMILES string of the molecule is C=C[Si](CCC)(CCC)N(CC)C(C)C. The number of hydrogen-bond donors (Lipinski definition) is 0. The summed E-state index contributed by atoms with van der Waals surface area (Å²) in [7, 11) is -1.36. The molecule has 0 spiro atoms. The summed E-state index contributed by atoms with van der Waals surface area (Å²) < 4.78 is 2.73. The number of hydrogen-bond acceptors (Lipinski definition) is 1. The minimum atomic E-state index is -1.36. The zero-order valence-corrected chi connectivity index (χ0v) is 12.3. The van der Waals surface area contributed by atoms with E-state index in [0.717, 1.165) is 0 Å². The van der Waals surface area contributed by atoms with Gasteiger partial charge in [0.25, 0.3) is 0 Å². The molecule has 15 heavy (non-hydrogen) atoms. The van der Waals surface area contributed by atoms with Gasteiger partial charge in [0.2, 0.25) is 0 Å². The summed E-state index contributed by atoms with van der Waals surface area (Å²) in [5.41, 5.74) is 2.32. The maximum atomic E-state index is 4.14. The van der Waals surface area contributed by atoms with Gasteiger partial charge in [0.15, 0.2) is 8.24 Å². The predicted octanol–water partition coefficient (Wildman–Crippen LogP) is 4.21. The Bertz CT molecular complexity index is 171. The summed E-state index contributed by atoms with van der Waals surface area (Å²) in [6, 6.07) is 3.41. The van der Waals surface area contributed by atoms with Crippen molar-refractivity contribution in [3.63, 3.8) is 0 Å². The smallest absolute Gasteiger partial charge is 0.152 e. The fourth-order valence-electron chi connectivity index (χ4n) is 2.79. The van der Waals surface area contributed by atoms with Gasteiger partial charge >= 0.3 is 0 Å². The van der Waals surface area contributed by atoms with Gasteiger partial charge in [-0.3, -0.25) is 0 Å². The van der Waals surface area contributed by atoms with Crippen molar-refractivity contribution >= 4 is 8.24 Å². The van der Waals surface area contributed by atoms with Crippen LogP contribution in [0.3, 0.4) is 0 Å². The molecule has 0 heterocycles. The molecule has 0 atom stereocenters. The van der Waals surface area contributed by atoms with E-state index in [1.807, 2.05) is 0 Å². The van der Waals surface area contributed by atoms with Gasteiger partial charge in [0.1, 0.15) is 0 Å². The molecule has 1 nitrogen and oxygen atoms in total. The lowest BCUT2D eigenvalue weighted by Crippen LogP contribution is -2.55. The summed E-state index contributed by atoms with van der Waals surface area (Å²) >= 11 is 0. The Balaban J connectivity index is 4.90. The van der Waals surface area contributed by atoms with Gasteiger partial charge in [0.05, 0.1) is 0 Å². The van der Waals surface area contributed by atoms with Crippen LogP contribution < -0.4 is 0 Å². The fraction of sp³-hybridized carbons (Fsp3) is 0.846. The van der Waals surface area contributed by atoms with E-state index in [0.29, 0.717) is 6.04 Å². The fourth-order valence-corrected chi connectivity index (χ4v) is 7.65. The van der Waals surface area contributed by atoms with Crippen LogP contribution in [0.5, 0.6) is 0 Å². The van der Waals surface area contributed by atoms with Gasteiger partial charge < -0.3 is 4.57 Å². The van der Waals surface area contributed by atoms with Crippen LogP contribution in [0.4, 0.5) is 0 Å². The number of nitrogens with zero attached hydrogens (tertiary/aromatic N) is 1. The van der Waals surface area contributed by atoms with E-state index in [9.17, 15) is 0 Å². The van der Waals surface area contributed by atoms with Crippen LogP contribution in [-0.4, -0.2) is 25.4 Å². The first-order valence-corrected chi connectivity index (χ1v) is 8.92.